The smallest absolute Gasteiger partial charge is 0.276 e. The molecule has 0 unspecified atom stereocenters. The van der Waals surface area contributed by atoms with Crippen LogP contribution >= 0.6 is 11.8 Å². The van der Waals surface area contributed by atoms with Crippen LogP contribution in [0.1, 0.15) is 11.4 Å². The second kappa shape index (κ2) is 5.38. The summed E-state index contributed by atoms with van der Waals surface area (Å²) in [5, 5.41) is 10.5. The third kappa shape index (κ3) is 2.67. The van der Waals surface area contributed by atoms with Crippen molar-refractivity contribution in [3.8, 4) is 11.6 Å². The quantitative estimate of drug-likeness (QED) is 0.716. The summed E-state index contributed by atoms with van der Waals surface area (Å²) < 4.78 is 5.18. The Hall–Kier alpha value is -2.28. The van der Waals surface area contributed by atoms with Crippen LogP contribution in [0.2, 0.25) is 0 Å². The average molecular weight is 287 g/mol. The molecule has 0 aliphatic carbocycles. The number of H-pyrrole nitrogens is 1. The number of aromatic nitrogens is 4. The van der Waals surface area contributed by atoms with Gasteiger partial charge in [0.05, 0.1) is 5.75 Å². The molecule has 0 amide bonds. The molecule has 102 valence electrons. The maximum atomic E-state index is 5.54. The van der Waals surface area contributed by atoms with Crippen molar-refractivity contribution >= 4 is 17.6 Å². The van der Waals surface area contributed by atoms with Gasteiger partial charge in [-0.2, -0.15) is 10.1 Å². The largest absolute Gasteiger partial charge is 0.382 e. The molecule has 7 heteroatoms. The number of thioether (sulfide) groups is 1. The van der Waals surface area contributed by atoms with E-state index in [2.05, 4.69) is 39.4 Å². The summed E-state index contributed by atoms with van der Waals surface area (Å²) in [5.74, 6) is 2.09. The third-order valence-corrected chi connectivity index (χ3v) is 3.92. The summed E-state index contributed by atoms with van der Waals surface area (Å²) in [4.78, 5) is 5.53. The summed E-state index contributed by atoms with van der Waals surface area (Å²) >= 11 is 1.68. The van der Waals surface area contributed by atoms with Crippen LogP contribution in [0, 0.1) is 6.92 Å². The van der Waals surface area contributed by atoms with Gasteiger partial charge in [0.15, 0.2) is 5.82 Å². The van der Waals surface area contributed by atoms with E-state index in [-0.39, 0.29) is 0 Å². The Morgan fingerprint density at radius 1 is 1.35 bits per heavy atom. The lowest BCUT2D eigenvalue weighted by Gasteiger charge is -2.01. The topological polar surface area (TPSA) is 93.6 Å². The van der Waals surface area contributed by atoms with Crippen LogP contribution < -0.4 is 5.73 Å². The predicted molar refractivity (Wildman–Crippen MR) is 77.0 cm³/mol. The van der Waals surface area contributed by atoms with Crippen LogP contribution in [-0.4, -0.2) is 20.3 Å². The number of anilines is 1. The Balaban J connectivity index is 1.70. The number of benzene rings is 1. The molecule has 1 aromatic carbocycles. The normalized spacial score (nSPS) is 10.8. The number of hydrogen-bond acceptors (Lipinski definition) is 6. The highest BCUT2D eigenvalue weighted by atomic mass is 32.2. The second-order valence-electron chi connectivity index (χ2n) is 4.28. The number of nitrogens with two attached hydrogens (primary N) is 1. The summed E-state index contributed by atoms with van der Waals surface area (Å²) in [6.45, 7) is 2.08. The lowest BCUT2D eigenvalue weighted by molar-refractivity contribution is 0.424. The van der Waals surface area contributed by atoms with Gasteiger partial charge in [0.25, 0.3) is 5.89 Å². The molecule has 3 aromatic rings. The SMILES string of the molecule is Cc1ccccc1SCc1noc(-c2cc(N)n[nH]2)n1. The van der Waals surface area contributed by atoms with Crippen molar-refractivity contribution in [2.24, 2.45) is 0 Å². The second-order valence-corrected chi connectivity index (χ2v) is 5.29. The Morgan fingerprint density at radius 2 is 2.20 bits per heavy atom. The summed E-state index contributed by atoms with van der Waals surface area (Å²) in [6.07, 6.45) is 0. The van der Waals surface area contributed by atoms with Gasteiger partial charge in [-0.15, -0.1) is 11.8 Å². The van der Waals surface area contributed by atoms with Crippen LogP contribution in [0.4, 0.5) is 5.82 Å². The van der Waals surface area contributed by atoms with Gasteiger partial charge in [0, 0.05) is 11.0 Å². The van der Waals surface area contributed by atoms with Crippen molar-refractivity contribution < 1.29 is 4.52 Å². The molecule has 20 heavy (non-hydrogen) atoms. The average Bonchev–Trinajstić information content (AvgIpc) is 3.06. The van der Waals surface area contributed by atoms with Gasteiger partial charge in [-0.25, -0.2) is 0 Å². The van der Waals surface area contributed by atoms with Crippen molar-refractivity contribution in [3.63, 3.8) is 0 Å². The number of nitrogens with one attached hydrogen (secondary N) is 1. The fourth-order valence-electron chi connectivity index (χ4n) is 1.73. The number of aromatic amines is 1. The molecule has 2 heterocycles. The molecule has 0 aliphatic rings. The van der Waals surface area contributed by atoms with E-state index in [4.69, 9.17) is 10.3 Å². The van der Waals surface area contributed by atoms with Crippen LogP contribution in [0.25, 0.3) is 11.6 Å². The number of rotatable bonds is 4. The molecule has 0 atom stereocenters. The standard InChI is InChI=1S/C13H13N5OS/c1-8-4-2-3-5-10(8)20-7-12-15-13(19-18-12)9-6-11(14)17-16-9/h2-6H,7H2,1H3,(H3,14,16,17). The van der Waals surface area contributed by atoms with Gasteiger partial charge < -0.3 is 10.3 Å². The highest BCUT2D eigenvalue weighted by molar-refractivity contribution is 7.98. The van der Waals surface area contributed by atoms with Gasteiger partial charge in [0.1, 0.15) is 11.5 Å². The van der Waals surface area contributed by atoms with Crippen LogP contribution in [0.15, 0.2) is 39.8 Å². The van der Waals surface area contributed by atoms with E-state index >= 15 is 0 Å². The van der Waals surface area contributed by atoms with Gasteiger partial charge in [-0.05, 0) is 18.6 Å². The molecule has 0 fully saturated rings. The predicted octanol–water partition coefficient (Wildman–Crippen LogP) is 2.64. The van der Waals surface area contributed by atoms with E-state index < -0.39 is 0 Å². The molecular weight excluding hydrogens is 274 g/mol. The molecular formula is C13H13N5OS. The zero-order valence-corrected chi connectivity index (χ0v) is 11.6. The fraction of sp³-hybridized carbons (Fsp3) is 0.154. The first kappa shape index (κ1) is 12.7. The minimum absolute atomic E-state index is 0.397. The van der Waals surface area contributed by atoms with Crippen molar-refractivity contribution in [1.82, 2.24) is 20.3 Å². The Bertz CT molecular complexity index is 721. The van der Waals surface area contributed by atoms with E-state index in [0.717, 1.165) is 0 Å². The molecule has 0 saturated heterocycles. The summed E-state index contributed by atoms with van der Waals surface area (Å²) in [5.41, 5.74) is 7.40. The highest BCUT2D eigenvalue weighted by Gasteiger charge is 2.11. The first-order chi connectivity index (χ1) is 9.72. The molecule has 3 rings (SSSR count). The number of aryl methyl sites for hydroxylation is 1. The van der Waals surface area contributed by atoms with Crippen molar-refractivity contribution in [2.45, 2.75) is 17.6 Å². The zero-order chi connectivity index (χ0) is 13.9. The Labute approximate surface area is 119 Å². The van der Waals surface area contributed by atoms with Crippen LogP contribution in [-0.2, 0) is 5.75 Å². The first-order valence-corrected chi connectivity index (χ1v) is 7.03. The maximum Gasteiger partial charge on any atom is 0.276 e. The van der Waals surface area contributed by atoms with Gasteiger partial charge in [-0.1, -0.05) is 23.4 Å². The van der Waals surface area contributed by atoms with E-state index in [9.17, 15) is 0 Å². The Morgan fingerprint density at radius 3 is 2.95 bits per heavy atom. The van der Waals surface area contributed by atoms with E-state index in [1.54, 1.807) is 17.8 Å². The lowest BCUT2D eigenvalue weighted by Crippen LogP contribution is -1.86. The number of nitrogen functional groups attached to an aromatic ring is 1. The molecule has 3 N–H and O–H groups in total. The molecule has 0 aliphatic heterocycles. The van der Waals surface area contributed by atoms with Crippen molar-refractivity contribution in [3.05, 3.63) is 41.7 Å². The monoisotopic (exact) mass is 287 g/mol. The van der Waals surface area contributed by atoms with E-state index in [0.29, 0.717) is 29.0 Å². The van der Waals surface area contributed by atoms with Crippen molar-refractivity contribution in [1.29, 1.82) is 0 Å². The minimum Gasteiger partial charge on any atom is -0.382 e. The van der Waals surface area contributed by atoms with Gasteiger partial charge >= 0.3 is 0 Å². The number of nitrogens with zero attached hydrogens (tertiary/aromatic N) is 3. The first-order valence-electron chi connectivity index (χ1n) is 6.04. The summed E-state index contributed by atoms with van der Waals surface area (Å²) in [6, 6.07) is 9.86. The van der Waals surface area contributed by atoms with E-state index in [1.807, 2.05) is 12.1 Å². The van der Waals surface area contributed by atoms with Crippen LogP contribution in [0.3, 0.4) is 0 Å². The molecule has 0 spiro atoms. The van der Waals surface area contributed by atoms with Gasteiger partial charge in [-0.3, -0.25) is 5.10 Å². The van der Waals surface area contributed by atoms with Gasteiger partial charge in [0.2, 0.25) is 0 Å². The number of hydrogen-bond donors (Lipinski definition) is 2. The van der Waals surface area contributed by atoms with Crippen LogP contribution in [0.5, 0.6) is 0 Å². The Kier molecular flexibility index (Phi) is 3.42. The molecule has 0 bridgehead atoms. The molecule has 6 nitrogen and oxygen atoms in total. The minimum atomic E-state index is 0.397. The molecule has 2 aromatic heterocycles. The lowest BCUT2D eigenvalue weighted by atomic mass is 10.2. The van der Waals surface area contributed by atoms with E-state index in [1.165, 1.54) is 10.5 Å². The highest BCUT2D eigenvalue weighted by Crippen LogP contribution is 2.25. The maximum absolute atomic E-state index is 5.54. The molecule has 0 saturated carbocycles. The van der Waals surface area contributed by atoms with Crippen molar-refractivity contribution in [2.75, 3.05) is 5.73 Å². The third-order valence-electron chi connectivity index (χ3n) is 2.75. The summed E-state index contributed by atoms with van der Waals surface area (Å²) in [7, 11) is 0. The molecule has 0 radical (unpaired) electrons. The fourth-order valence-corrected chi connectivity index (χ4v) is 2.60. The zero-order valence-electron chi connectivity index (χ0n) is 10.8.